The van der Waals surface area contributed by atoms with Crippen LogP contribution in [0.4, 0.5) is 0 Å². The smallest absolute Gasteiger partial charge is 0.0143 e. The highest BCUT2D eigenvalue weighted by atomic mass is 32.2. The molecule has 0 amide bonds. The molecule has 1 aliphatic rings. The number of rotatable bonds is 1. The van der Waals surface area contributed by atoms with Crippen molar-refractivity contribution in [3.05, 3.63) is 11.1 Å². The molecule has 1 rings (SSSR count). The summed E-state index contributed by atoms with van der Waals surface area (Å²) in [6.45, 7) is 6.88. The molecule has 0 radical (unpaired) electrons. The molecule has 0 saturated carbocycles. The number of allylic oxidation sites excluding steroid dienone is 1. The van der Waals surface area contributed by atoms with E-state index >= 15 is 0 Å². The summed E-state index contributed by atoms with van der Waals surface area (Å²) in [5.41, 5.74) is 3.34. The number of hydrogen-bond donors (Lipinski definition) is 0. The lowest BCUT2D eigenvalue weighted by Crippen LogP contribution is -2.06. The van der Waals surface area contributed by atoms with Gasteiger partial charge in [-0.3, -0.25) is 0 Å². The highest BCUT2D eigenvalue weighted by Gasteiger charge is 2.11. The second-order valence-electron chi connectivity index (χ2n) is 3.26. The van der Waals surface area contributed by atoms with E-state index in [2.05, 4.69) is 32.5 Å². The van der Waals surface area contributed by atoms with Crippen molar-refractivity contribution >= 4 is 11.8 Å². The Labute approximate surface area is 68.1 Å². The zero-order chi connectivity index (χ0) is 7.56. The van der Waals surface area contributed by atoms with Crippen molar-refractivity contribution in [3.63, 3.8) is 0 Å². The minimum Gasteiger partial charge on any atom is -0.157 e. The van der Waals surface area contributed by atoms with Crippen LogP contribution in [0, 0.1) is 5.92 Å². The third kappa shape index (κ3) is 1.79. The highest BCUT2D eigenvalue weighted by Crippen LogP contribution is 2.27. The van der Waals surface area contributed by atoms with Crippen LogP contribution >= 0.6 is 11.8 Å². The molecule has 0 N–H and O–H groups in total. The van der Waals surface area contributed by atoms with Crippen molar-refractivity contribution in [2.45, 2.75) is 27.2 Å². The van der Waals surface area contributed by atoms with Crippen molar-refractivity contribution in [1.82, 2.24) is 0 Å². The molecule has 1 heterocycles. The van der Waals surface area contributed by atoms with Crippen LogP contribution in [0.1, 0.15) is 27.2 Å². The molecule has 0 saturated heterocycles. The quantitative estimate of drug-likeness (QED) is 0.526. The Hall–Kier alpha value is 0.0900. The van der Waals surface area contributed by atoms with Gasteiger partial charge in [0, 0.05) is 5.75 Å². The number of thioether (sulfide) groups is 1. The van der Waals surface area contributed by atoms with Crippen molar-refractivity contribution in [1.29, 1.82) is 0 Å². The van der Waals surface area contributed by atoms with Crippen molar-refractivity contribution in [2.75, 3.05) is 11.5 Å². The van der Waals surface area contributed by atoms with Gasteiger partial charge >= 0.3 is 0 Å². The van der Waals surface area contributed by atoms with Gasteiger partial charge in [0.05, 0.1) is 0 Å². The van der Waals surface area contributed by atoms with E-state index in [4.69, 9.17) is 0 Å². The topological polar surface area (TPSA) is 0 Å². The van der Waals surface area contributed by atoms with Crippen LogP contribution in [-0.2, 0) is 0 Å². The van der Waals surface area contributed by atoms with Crippen LogP contribution in [-0.4, -0.2) is 11.5 Å². The third-order valence-electron chi connectivity index (χ3n) is 2.08. The van der Waals surface area contributed by atoms with Gasteiger partial charge < -0.3 is 0 Å². The largest absolute Gasteiger partial charge is 0.157 e. The summed E-state index contributed by atoms with van der Waals surface area (Å²) in [5.74, 6) is 3.39. The summed E-state index contributed by atoms with van der Waals surface area (Å²) >= 11 is 2.07. The van der Waals surface area contributed by atoms with Crippen molar-refractivity contribution in [3.8, 4) is 0 Å². The first kappa shape index (κ1) is 8.19. The van der Waals surface area contributed by atoms with Gasteiger partial charge in [0.25, 0.3) is 0 Å². The third-order valence-corrected chi connectivity index (χ3v) is 3.21. The zero-order valence-corrected chi connectivity index (χ0v) is 7.92. The average molecular weight is 156 g/mol. The first-order chi connectivity index (χ1) is 4.72. The SMILES string of the molecule is CC1=C(C(C)C)CCSC1. The fourth-order valence-electron chi connectivity index (χ4n) is 1.49. The molecule has 0 unspecified atom stereocenters. The first-order valence-electron chi connectivity index (χ1n) is 3.98. The molecular formula is C9H16S. The molecule has 0 aromatic heterocycles. The Balaban J connectivity index is 2.68. The van der Waals surface area contributed by atoms with E-state index in [9.17, 15) is 0 Å². The summed E-state index contributed by atoms with van der Waals surface area (Å²) < 4.78 is 0. The van der Waals surface area contributed by atoms with E-state index in [0.717, 1.165) is 5.92 Å². The van der Waals surface area contributed by atoms with Crippen LogP contribution in [0.15, 0.2) is 11.1 Å². The Bertz CT molecular complexity index is 145. The predicted octanol–water partition coefficient (Wildman–Crippen LogP) is 3.10. The fourth-order valence-corrected chi connectivity index (χ4v) is 2.50. The van der Waals surface area contributed by atoms with Crippen molar-refractivity contribution in [2.24, 2.45) is 5.92 Å². The molecule has 0 aromatic carbocycles. The van der Waals surface area contributed by atoms with E-state index in [1.54, 1.807) is 11.1 Å². The van der Waals surface area contributed by atoms with Crippen LogP contribution in [0.5, 0.6) is 0 Å². The molecule has 0 bridgehead atoms. The van der Waals surface area contributed by atoms with E-state index in [1.807, 2.05) is 0 Å². The van der Waals surface area contributed by atoms with Gasteiger partial charge in [0.1, 0.15) is 0 Å². The second-order valence-corrected chi connectivity index (χ2v) is 4.37. The van der Waals surface area contributed by atoms with E-state index in [0.29, 0.717) is 0 Å². The molecule has 0 nitrogen and oxygen atoms in total. The Morgan fingerprint density at radius 3 is 2.50 bits per heavy atom. The summed E-state index contributed by atoms with van der Waals surface area (Å²) in [7, 11) is 0. The fraction of sp³-hybridized carbons (Fsp3) is 0.778. The lowest BCUT2D eigenvalue weighted by Gasteiger charge is -2.20. The maximum atomic E-state index is 2.30. The van der Waals surface area contributed by atoms with Crippen LogP contribution in [0.2, 0.25) is 0 Å². The summed E-state index contributed by atoms with van der Waals surface area (Å²) in [5, 5.41) is 0. The van der Waals surface area contributed by atoms with Crippen molar-refractivity contribution < 1.29 is 0 Å². The lowest BCUT2D eigenvalue weighted by atomic mass is 9.96. The van der Waals surface area contributed by atoms with E-state index in [1.165, 1.54) is 17.9 Å². The van der Waals surface area contributed by atoms with Gasteiger partial charge in [-0.05, 0) is 25.0 Å². The lowest BCUT2D eigenvalue weighted by molar-refractivity contribution is 0.718. The molecule has 1 aliphatic heterocycles. The summed E-state index contributed by atoms with van der Waals surface area (Å²) in [6.07, 6.45) is 1.33. The molecule has 58 valence electrons. The molecule has 0 atom stereocenters. The summed E-state index contributed by atoms with van der Waals surface area (Å²) in [6, 6.07) is 0. The molecule has 0 spiro atoms. The van der Waals surface area contributed by atoms with Gasteiger partial charge in [-0.15, -0.1) is 0 Å². The van der Waals surface area contributed by atoms with Gasteiger partial charge in [-0.1, -0.05) is 25.0 Å². The molecule has 10 heavy (non-hydrogen) atoms. The van der Waals surface area contributed by atoms with Gasteiger partial charge in [-0.25, -0.2) is 0 Å². The normalized spacial score (nSPS) is 20.4. The van der Waals surface area contributed by atoms with Gasteiger partial charge in [0.15, 0.2) is 0 Å². The van der Waals surface area contributed by atoms with Gasteiger partial charge in [-0.2, -0.15) is 11.8 Å². The molecule has 1 heteroatoms. The second kappa shape index (κ2) is 3.47. The molecular weight excluding hydrogens is 140 g/mol. The molecule has 0 fully saturated rings. The van der Waals surface area contributed by atoms with Crippen LogP contribution < -0.4 is 0 Å². The first-order valence-corrected chi connectivity index (χ1v) is 5.13. The maximum absolute atomic E-state index is 2.30. The van der Waals surface area contributed by atoms with Gasteiger partial charge in [0.2, 0.25) is 0 Å². The Morgan fingerprint density at radius 1 is 1.40 bits per heavy atom. The average Bonchev–Trinajstić information content (AvgIpc) is 1.88. The zero-order valence-electron chi connectivity index (χ0n) is 7.11. The monoisotopic (exact) mass is 156 g/mol. The highest BCUT2D eigenvalue weighted by molar-refractivity contribution is 7.99. The Kier molecular flexibility index (Phi) is 2.84. The minimum absolute atomic E-state index is 0.779. The maximum Gasteiger partial charge on any atom is 0.0143 e. The minimum atomic E-state index is 0.779. The predicted molar refractivity (Wildman–Crippen MR) is 49.5 cm³/mol. The standard InChI is InChI=1S/C9H16S/c1-7(2)9-4-5-10-6-8(9)3/h7H,4-6H2,1-3H3. The molecule has 0 aromatic rings. The molecule has 0 aliphatic carbocycles. The summed E-state index contributed by atoms with van der Waals surface area (Å²) in [4.78, 5) is 0. The van der Waals surface area contributed by atoms with E-state index in [-0.39, 0.29) is 0 Å². The van der Waals surface area contributed by atoms with Crippen LogP contribution in [0.25, 0.3) is 0 Å². The van der Waals surface area contributed by atoms with E-state index < -0.39 is 0 Å². The van der Waals surface area contributed by atoms with Crippen LogP contribution in [0.3, 0.4) is 0 Å². The Morgan fingerprint density at radius 2 is 2.10 bits per heavy atom. The number of hydrogen-bond acceptors (Lipinski definition) is 1.